The van der Waals surface area contributed by atoms with Crippen molar-refractivity contribution in [1.82, 2.24) is 10.2 Å². The van der Waals surface area contributed by atoms with E-state index in [4.69, 9.17) is 0 Å². The third-order valence-corrected chi connectivity index (χ3v) is 5.57. The molecule has 2 aromatic carbocycles. The molecule has 0 aromatic heterocycles. The van der Waals surface area contributed by atoms with Gasteiger partial charge in [-0.25, -0.2) is 0 Å². The van der Waals surface area contributed by atoms with Gasteiger partial charge in [0, 0.05) is 17.6 Å². The van der Waals surface area contributed by atoms with E-state index in [0.29, 0.717) is 19.0 Å². The zero-order valence-corrected chi connectivity index (χ0v) is 19.5. The number of aryl methyl sites for hydroxylation is 2. The van der Waals surface area contributed by atoms with Crippen molar-refractivity contribution in [3.05, 3.63) is 69.2 Å². The number of hydrogen-bond donors (Lipinski definition) is 1. The van der Waals surface area contributed by atoms with Crippen LogP contribution in [0.25, 0.3) is 0 Å². The molecular formula is C24H31BrN2O2. The number of rotatable bonds is 8. The van der Waals surface area contributed by atoms with Crippen LogP contribution in [0.1, 0.15) is 43.0 Å². The highest BCUT2D eigenvalue weighted by molar-refractivity contribution is 9.10. The van der Waals surface area contributed by atoms with E-state index in [-0.39, 0.29) is 18.2 Å². The fourth-order valence-electron chi connectivity index (χ4n) is 3.01. The Morgan fingerprint density at radius 1 is 0.966 bits per heavy atom. The molecule has 0 saturated carbocycles. The van der Waals surface area contributed by atoms with Crippen LogP contribution in [-0.4, -0.2) is 29.3 Å². The van der Waals surface area contributed by atoms with Gasteiger partial charge in [-0.2, -0.15) is 0 Å². The van der Waals surface area contributed by atoms with Crippen molar-refractivity contribution < 1.29 is 9.59 Å². The van der Waals surface area contributed by atoms with Crippen LogP contribution >= 0.6 is 15.9 Å². The van der Waals surface area contributed by atoms with Gasteiger partial charge in [0.25, 0.3) is 0 Å². The average Bonchev–Trinajstić information content (AvgIpc) is 2.67. The molecule has 5 heteroatoms. The number of carbonyl (C=O) groups is 2. The Balaban J connectivity index is 2.21. The van der Waals surface area contributed by atoms with Gasteiger partial charge in [-0.05, 0) is 61.1 Å². The largest absolute Gasteiger partial charge is 0.354 e. The van der Waals surface area contributed by atoms with Crippen molar-refractivity contribution in [3.63, 3.8) is 0 Å². The van der Waals surface area contributed by atoms with Crippen LogP contribution in [-0.2, 0) is 22.6 Å². The predicted octanol–water partition coefficient (Wildman–Crippen LogP) is 4.80. The second-order valence-corrected chi connectivity index (χ2v) is 8.97. The lowest BCUT2D eigenvalue weighted by Crippen LogP contribution is -2.48. The quantitative estimate of drug-likeness (QED) is 0.617. The number of halogens is 1. The van der Waals surface area contributed by atoms with Gasteiger partial charge < -0.3 is 10.2 Å². The van der Waals surface area contributed by atoms with Crippen LogP contribution in [0.15, 0.2) is 46.9 Å². The summed E-state index contributed by atoms with van der Waals surface area (Å²) in [4.78, 5) is 27.6. The van der Waals surface area contributed by atoms with E-state index < -0.39 is 6.04 Å². The molecule has 0 saturated heterocycles. The van der Waals surface area contributed by atoms with Crippen LogP contribution in [0, 0.1) is 19.8 Å². The monoisotopic (exact) mass is 458 g/mol. The average molecular weight is 459 g/mol. The van der Waals surface area contributed by atoms with Gasteiger partial charge in [0.1, 0.15) is 6.04 Å². The minimum Gasteiger partial charge on any atom is -0.354 e. The molecule has 1 N–H and O–H groups in total. The number of amides is 2. The van der Waals surface area contributed by atoms with Crippen molar-refractivity contribution in [2.24, 2.45) is 5.92 Å². The Morgan fingerprint density at radius 2 is 1.59 bits per heavy atom. The zero-order valence-electron chi connectivity index (χ0n) is 18.0. The summed E-state index contributed by atoms with van der Waals surface area (Å²) in [7, 11) is 0. The summed E-state index contributed by atoms with van der Waals surface area (Å²) in [5.74, 6) is 0.185. The SMILES string of the molecule is Cc1ccc(CC(=O)N(Cc2ccc(Br)cc2)C(C)C(=O)NCC(C)C)cc1C. The summed E-state index contributed by atoms with van der Waals surface area (Å²) in [6, 6.07) is 13.4. The van der Waals surface area contributed by atoms with E-state index in [9.17, 15) is 9.59 Å². The van der Waals surface area contributed by atoms with E-state index in [1.165, 1.54) is 5.56 Å². The third-order valence-electron chi connectivity index (χ3n) is 5.04. The first-order valence-corrected chi connectivity index (χ1v) is 10.8. The van der Waals surface area contributed by atoms with Crippen LogP contribution in [0.2, 0.25) is 0 Å². The molecule has 1 atom stereocenters. The Bertz CT molecular complexity index is 846. The first-order chi connectivity index (χ1) is 13.7. The van der Waals surface area contributed by atoms with Gasteiger partial charge in [-0.1, -0.05) is 60.1 Å². The summed E-state index contributed by atoms with van der Waals surface area (Å²) < 4.78 is 0.983. The summed E-state index contributed by atoms with van der Waals surface area (Å²) in [6.45, 7) is 11.0. The fourth-order valence-corrected chi connectivity index (χ4v) is 3.28. The molecule has 29 heavy (non-hydrogen) atoms. The Morgan fingerprint density at radius 3 is 2.17 bits per heavy atom. The van der Waals surface area contributed by atoms with Gasteiger partial charge in [0.05, 0.1) is 6.42 Å². The summed E-state index contributed by atoms with van der Waals surface area (Å²) >= 11 is 3.44. The lowest BCUT2D eigenvalue weighted by Gasteiger charge is -2.29. The van der Waals surface area contributed by atoms with Crippen molar-refractivity contribution in [3.8, 4) is 0 Å². The molecule has 0 radical (unpaired) electrons. The molecule has 0 spiro atoms. The lowest BCUT2D eigenvalue weighted by atomic mass is 10.0. The molecule has 156 valence electrons. The van der Waals surface area contributed by atoms with E-state index in [1.54, 1.807) is 11.8 Å². The zero-order chi connectivity index (χ0) is 21.6. The lowest BCUT2D eigenvalue weighted by molar-refractivity contribution is -0.140. The van der Waals surface area contributed by atoms with Gasteiger partial charge in [-0.3, -0.25) is 9.59 Å². The maximum absolute atomic E-state index is 13.2. The Hall–Kier alpha value is -2.14. The molecule has 0 fully saturated rings. The molecule has 0 aliphatic carbocycles. The smallest absolute Gasteiger partial charge is 0.242 e. The fraction of sp³-hybridized carbons (Fsp3) is 0.417. The predicted molar refractivity (Wildman–Crippen MR) is 122 cm³/mol. The topological polar surface area (TPSA) is 49.4 Å². The minimum absolute atomic E-state index is 0.0524. The molecule has 2 amide bonds. The second-order valence-electron chi connectivity index (χ2n) is 8.06. The number of nitrogens with zero attached hydrogens (tertiary/aromatic N) is 1. The van der Waals surface area contributed by atoms with Crippen molar-refractivity contribution in [1.29, 1.82) is 0 Å². The van der Waals surface area contributed by atoms with E-state index in [2.05, 4.69) is 48.1 Å². The molecule has 2 aromatic rings. The first kappa shape index (κ1) is 23.1. The number of benzene rings is 2. The van der Waals surface area contributed by atoms with Crippen LogP contribution in [0.5, 0.6) is 0 Å². The normalized spacial score (nSPS) is 12.0. The summed E-state index contributed by atoms with van der Waals surface area (Å²) in [5, 5.41) is 2.95. The van der Waals surface area contributed by atoms with Crippen molar-refractivity contribution in [2.45, 2.75) is 53.6 Å². The summed E-state index contributed by atoms with van der Waals surface area (Å²) in [6.07, 6.45) is 0.277. The molecule has 0 bridgehead atoms. The van der Waals surface area contributed by atoms with Crippen molar-refractivity contribution >= 4 is 27.7 Å². The van der Waals surface area contributed by atoms with Crippen LogP contribution in [0.4, 0.5) is 0 Å². The second kappa shape index (κ2) is 10.6. The summed E-state index contributed by atoms with van der Waals surface area (Å²) in [5.41, 5.74) is 4.32. The molecule has 2 rings (SSSR count). The Labute approximate surface area is 182 Å². The molecule has 0 aliphatic heterocycles. The molecule has 0 heterocycles. The third kappa shape index (κ3) is 7.00. The van der Waals surface area contributed by atoms with E-state index in [1.807, 2.05) is 43.3 Å². The number of carbonyl (C=O) groups excluding carboxylic acids is 2. The van der Waals surface area contributed by atoms with Gasteiger partial charge in [0.15, 0.2) is 0 Å². The highest BCUT2D eigenvalue weighted by atomic mass is 79.9. The maximum atomic E-state index is 13.2. The van der Waals surface area contributed by atoms with Crippen LogP contribution in [0.3, 0.4) is 0 Å². The van der Waals surface area contributed by atoms with Gasteiger partial charge >= 0.3 is 0 Å². The molecule has 4 nitrogen and oxygen atoms in total. The Kier molecular flexibility index (Phi) is 8.45. The molecule has 0 aliphatic rings. The highest BCUT2D eigenvalue weighted by Gasteiger charge is 2.26. The van der Waals surface area contributed by atoms with Gasteiger partial charge in [-0.15, -0.1) is 0 Å². The highest BCUT2D eigenvalue weighted by Crippen LogP contribution is 2.17. The maximum Gasteiger partial charge on any atom is 0.242 e. The molecular weight excluding hydrogens is 428 g/mol. The van der Waals surface area contributed by atoms with E-state index in [0.717, 1.165) is 21.2 Å². The first-order valence-electron chi connectivity index (χ1n) is 10.0. The van der Waals surface area contributed by atoms with Gasteiger partial charge in [0.2, 0.25) is 11.8 Å². The molecule has 1 unspecified atom stereocenters. The van der Waals surface area contributed by atoms with Crippen LogP contribution < -0.4 is 5.32 Å². The standard InChI is InChI=1S/C24H31BrN2O2/c1-16(2)14-26-24(29)19(5)27(15-20-8-10-22(25)11-9-20)23(28)13-21-7-6-17(3)18(4)12-21/h6-12,16,19H,13-15H2,1-5H3,(H,26,29). The minimum atomic E-state index is -0.545. The number of nitrogens with one attached hydrogen (secondary N) is 1. The van der Waals surface area contributed by atoms with Crippen molar-refractivity contribution in [2.75, 3.05) is 6.54 Å². The van der Waals surface area contributed by atoms with E-state index >= 15 is 0 Å². The number of hydrogen-bond acceptors (Lipinski definition) is 2.